The molecule has 3 aliphatic rings. The standard InChI is InChI=1S/2C26H26ClN3O5S.C26H24ClN3O5S.CH4/c3*1-26(2,3)35-25(34)28-13-15-6-4-7-16(12-15)14-30-23(32)17-8-5-9-18(21(17)24(30)33)29-22(31)19-10-11-20(27)36-19;/h4-12,24,33H,13-14H2,1-3H3,(H,28,34)(H,29,31);4-12,23,32H,13-14H2,1-3H3,(H,28,34)(H,29,31);4-12H,13-14H2,1-3H3,(H,28,34)(H,29,31);1H4. The van der Waals surface area contributed by atoms with Crippen LogP contribution in [0.4, 0.5) is 31.4 Å². The molecule has 9 aromatic rings. The first-order valence-corrected chi connectivity index (χ1v) is 37.2. The van der Waals surface area contributed by atoms with Crippen LogP contribution in [0.5, 0.6) is 0 Å². The van der Waals surface area contributed by atoms with Gasteiger partial charge in [0, 0.05) is 55.1 Å². The van der Waals surface area contributed by atoms with E-state index in [1.807, 2.05) is 60.7 Å². The number of fused-ring (bicyclic) bond motifs is 3. The molecule has 0 saturated carbocycles. The average molecular weight is 1600 g/mol. The smallest absolute Gasteiger partial charge is 0.407 e. The Morgan fingerprint density at radius 1 is 0.404 bits per heavy atom. The molecule has 30 heteroatoms. The molecule has 24 nitrogen and oxygen atoms in total. The van der Waals surface area contributed by atoms with E-state index < -0.39 is 71.2 Å². The van der Waals surface area contributed by atoms with Crippen molar-refractivity contribution in [1.29, 1.82) is 0 Å². The first kappa shape index (κ1) is 82.6. The number of thiophene rings is 3. The van der Waals surface area contributed by atoms with E-state index in [1.54, 1.807) is 165 Å². The Hall–Kier alpha value is -10.5. The van der Waals surface area contributed by atoms with Gasteiger partial charge in [0.25, 0.3) is 41.4 Å². The number of imide groups is 1. The molecule has 0 bridgehead atoms. The van der Waals surface area contributed by atoms with E-state index in [2.05, 4.69) is 31.9 Å². The molecule has 3 aromatic heterocycles. The molecule has 0 aliphatic carbocycles. The van der Waals surface area contributed by atoms with Crippen LogP contribution in [0.1, 0.15) is 197 Å². The summed E-state index contributed by atoms with van der Waals surface area (Å²) in [4.78, 5) is 131. The first-order valence-electron chi connectivity index (χ1n) is 33.6. The van der Waals surface area contributed by atoms with Gasteiger partial charge in [0.2, 0.25) is 0 Å². The summed E-state index contributed by atoms with van der Waals surface area (Å²) in [5.41, 5.74) is 5.58. The summed E-state index contributed by atoms with van der Waals surface area (Å²) in [6.45, 7) is 17.1. The van der Waals surface area contributed by atoms with E-state index >= 15 is 0 Å². The van der Waals surface area contributed by atoms with Gasteiger partial charge >= 0.3 is 18.3 Å². The van der Waals surface area contributed by atoms with Crippen LogP contribution >= 0.6 is 68.8 Å². The number of carbonyl (C=O) groups is 10. The van der Waals surface area contributed by atoms with Crippen LogP contribution < -0.4 is 31.9 Å². The quantitative estimate of drug-likeness (QED) is 0.0292. The highest BCUT2D eigenvalue weighted by Gasteiger charge is 2.41. The highest BCUT2D eigenvalue weighted by atomic mass is 35.5. The molecule has 10 amide bonds. The number of ether oxygens (including phenoxy) is 3. The van der Waals surface area contributed by atoms with E-state index in [-0.39, 0.29) is 86.8 Å². The Labute approximate surface area is 656 Å². The number of aliphatic hydroxyl groups excluding tert-OH is 2. The lowest BCUT2D eigenvalue weighted by molar-refractivity contribution is 0.0131. The highest BCUT2D eigenvalue weighted by Crippen LogP contribution is 2.41. The molecule has 0 spiro atoms. The van der Waals surface area contributed by atoms with Crippen molar-refractivity contribution >= 4 is 146 Å². The fourth-order valence-corrected chi connectivity index (χ4v) is 14.2. The van der Waals surface area contributed by atoms with Crippen LogP contribution in [0.2, 0.25) is 13.0 Å². The van der Waals surface area contributed by atoms with Crippen LogP contribution in [0, 0.1) is 0 Å². The zero-order valence-corrected chi connectivity index (χ0v) is 64.6. The molecular weight excluding hydrogens is 1520 g/mol. The maximum absolute atomic E-state index is 13.3. The van der Waals surface area contributed by atoms with Crippen molar-refractivity contribution in [3.05, 3.63) is 258 Å². The molecular formula is C79H80Cl3N9O15S3. The van der Waals surface area contributed by atoms with Crippen LogP contribution in [-0.4, -0.2) is 101 Å². The van der Waals surface area contributed by atoms with E-state index in [4.69, 9.17) is 49.0 Å². The van der Waals surface area contributed by atoms with Gasteiger partial charge in [-0.1, -0.05) is 139 Å². The van der Waals surface area contributed by atoms with Crippen molar-refractivity contribution in [2.45, 2.75) is 138 Å². The minimum atomic E-state index is -1.24. The third-order valence-corrected chi connectivity index (χ3v) is 19.6. The third kappa shape index (κ3) is 21.7. The molecule has 109 heavy (non-hydrogen) atoms. The lowest BCUT2D eigenvalue weighted by Gasteiger charge is -2.22. The summed E-state index contributed by atoms with van der Waals surface area (Å²) in [5, 5.41) is 38.3. The number of nitrogens with one attached hydrogen (secondary N) is 6. The van der Waals surface area contributed by atoms with Gasteiger partial charge in [-0.15, -0.1) is 34.0 Å². The van der Waals surface area contributed by atoms with Crippen LogP contribution in [0.15, 0.2) is 164 Å². The summed E-state index contributed by atoms with van der Waals surface area (Å²) in [6.07, 6.45) is -3.98. The second kappa shape index (κ2) is 35.3. The van der Waals surface area contributed by atoms with Crippen molar-refractivity contribution in [1.82, 2.24) is 30.7 Å². The van der Waals surface area contributed by atoms with Crippen LogP contribution in [0.25, 0.3) is 0 Å². The zero-order valence-electron chi connectivity index (χ0n) is 59.9. The van der Waals surface area contributed by atoms with Gasteiger partial charge in [-0.2, -0.15) is 0 Å². The van der Waals surface area contributed by atoms with E-state index in [0.29, 0.717) is 61.3 Å². The van der Waals surface area contributed by atoms with Crippen molar-refractivity contribution < 1.29 is 72.4 Å². The molecule has 6 aromatic carbocycles. The van der Waals surface area contributed by atoms with E-state index in [1.165, 1.54) is 9.80 Å². The van der Waals surface area contributed by atoms with Crippen LogP contribution in [0.3, 0.4) is 0 Å². The summed E-state index contributed by atoms with van der Waals surface area (Å²) >= 11 is 21.2. The number of halogens is 3. The van der Waals surface area contributed by atoms with Crippen molar-refractivity contribution in [3.63, 3.8) is 0 Å². The predicted octanol–water partition coefficient (Wildman–Crippen LogP) is 16.8. The molecule has 2 unspecified atom stereocenters. The Balaban J connectivity index is 0.000000188. The lowest BCUT2D eigenvalue weighted by atomic mass is 10.1. The largest absolute Gasteiger partial charge is 0.444 e. The second-order valence-electron chi connectivity index (χ2n) is 27.8. The molecule has 2 atom stereocenters. The number of rotatable bonds is 18. The van der Waals surface area contributed by atoms with Crippen LogP contribution in [-0.2, 0) is 53.5 Å². The fraction of sp³-hybridized carbons (Fsp3) is 0.266. The van der Waals surface area contributed by atoms with Crippen molar-refractivity contribution in [2.24, 2.45) is 0 Å². The number of aliphatic hydroxyl groups is 2. The normalized spacial score (nSPS) is 14.2. The highest BCUT2D eigenvalue weighted by molar-refractivity contribution is 7.18. The number of alkyl carbamates (subject to hydrolysis) is 3. The Morgan fingerprint density at radius 3 is 1.16 bits per heavy atom. The van der Waals surface area contributed by atoms with Crippen molar-refractivity contribution in [2.75, 3.05) is 16.0 Å². The zero-order chi connectivity index (χ0) is 78.1. The first-order chi connectivity index (χ1) is 51.0. The molecule has 3 aliphatic heterocycles. The van der Waals surface area contributed by atoms with Gasteiger partial charge in [-0.05, 0) is 162 Å². The number of nitrogens with zero attached hydrogens (tertiary/aromatic N) is 3. The maximum atomic E-state index is 13.3. The lowest BCUT2D eigenvalue weighted by Crippen LogP contribution is -2.32. The SMILES string of the molecule is C.CC(C)(C)OC(=O)NCc1cccc(CN2C(=O)c3c(NC(=O)c4ccc(Cl)s4)cccc3C2O)c1.CC(C)(C)OC(=O)NCc1cccc(CN2C(=O)c3cccc(NC(=O)c4ccc(Cl)s4)c3C2=O)c1.CC(C)(C)OC(=O)NCc1cccc(CN2C(=O)c3cccc(NC(=O)c4ccc(Cl)s4)c3C2O)c1. The molecule has 8 N–H and O–H groups in total. The number of hydrogen-bond donors (Lipinski definition) is 8. The fourth-order valence-electron chi connectivity index (χ4n) is 11.4. The van der Waals surface area contributed by atoms with Gasteiger partial charge in [0.15, 0.2) is 12.5 Å². The molecule has 6 heterocycles. The Morgan fingerprint density at radius 2 is 0.752 bits per heavy atom. The number of anilines is 3. The Kier molecular flexibility index (Phi) is 26.7. The summed E-state index contributed by atoms with van der Waals surface area (Å²) in [5.74, 6) is -2.84. The summed E-state index contributed by atoms with van der Waals surface area (Å²) < 4.78 is 17.2. The van der Waals surface area contributed by atoms with E-state index in [9.17, 15) is 58.2 Å². The summed E-state index contributed by atoms with van der Waals surface area (Å²) in [6, 6.07) is 46.3. The maximum Gasteiger partial charge on any atom is 0.407 e. The monoisotopic (exact) mass is 1600 g/mol. The second-order valence-corrected chi connectivity index (χ2v) is 32.9. The number of amides is 10. The minimum Gasteiger partial charge on any atom is -0.444 e. The molecule has 0 saturated heterocycles. The number of hydrogen-bond acceptors (Lipinski definition) is 18. The van der Waals surface area contributed by atoms with Gasteiger partial charge in [0.05, 0.1) is 62.3 Å². The molecule has 12 rings (SSSR count). The molecule has 0 fully saturated rings. The number of carbonyl (C=O) groups excluding carboxylic acids is 10. The minimum absolute atomic E-state index is 0. The van der Waals surface area contributed by atoms with Gasteiger partial charge in [-0.3, -0.25) is 38.5 Å². The predicted molar refractivity (Wildman–Crippen MR) is 420 cm³/mol. The summed E-state index contributed by atoms with van der Waals surface area (Å²) in [7, 11) is 0. The molecule has 0 radical (unpaired) electrons. The van der Waals surface area contributed by atoms with Gasteiger partial charge in [0.1, 0.15) is 16.8 Å². The van der Waals surface area contributed by atoms with Gasteiger partial charge < -0.3 is 66.1 Å². The van der Waals surface area contributed by atoms with Crippen molar-refractivity contribution in [3.8, 4) is 0 Å². The number of benzene rings is 6. The third-order valence-electron chi connectivity index (χ3n) is 16.0. The average Bonchev–Trinajstić information content (AvgIpc) is 1.63. The Bertz CT molecular complexity index is 4890. The topological polar surface area (TPSA) is 321 Å². The molecule has 570 valence electrons. The van der Waals surface area contributed by atoms with Gasteiger partial charge in [-0.25, -0.2) is 14.4 Å². The van der Waals surface area contributed by atoms with E-state index in [0.717, 1.165) is 66.7 Å².